The minimum atomic E-state index is -3.60. The van der Waals surface area contributed by atoms with Crippen LogP contribution in [0.25, 0.3) is 11.5 Å². The summed E-state index contributed by atoms with van der Waals surface area (Å²) in [7, 11) is -2.00. The van der Waals surface area contributed by atoms with Gasteiger partial charge in [0, 0.05) is 25.2 Å². The number of nitrogens with one attached hydrogen (secondary N) is 1. The van der Waals surface area contributed by atoms with Gasteiger partial charge in [-0.05, 0) is 35.9 Å². The van der Waals surface area contributed by atoms with Crippen LogP contribution < -0.4 is 10.1 Å². The lowest BCUT2D eigenvalue weighted by Crippen LogP contribution is -2.30. The quantitative estimate of drug-likeness (QED) is 0.408. The zero-order valence-corrected chi connectivity index (χ0v) is 20.3. The molecule has 1 N–H and O–H groups in total. The molecule has 0 radical (unpaired) electrons. The second kappa shape index (κ2) is 11.3. The van der Waals surface area contributed by atoms with E-state index >= 15 is 0 Å². The minimum Gasteiger partial charge on any atom is -0.497 e. The molecule has 1 amide bonds. The van der Waals surface area contributed by atoms with Crippen molar-refractivity contribution in [2.75, 3.05) is 26.0 Å². The van der Waals surface area contributed by atoms with Crippen LogP contribution in [-0.2, 0) is 21.4 Å². The number of nitrogens with zero attached hydrogens (tertiary/aromatic N) is 3. The molecule has 3 rings (SSSR count). The second-order valence-corrected chi connectivity index (χ2v) is 9.77. The zero-order valence-electron chi connectivity index (χ0n) is 18.6. The largest absolute Gasteiger partial charge is 0.497 e. The third kappa shape index (κ3) is 6.34. The number of hydrogen-bond acceptors (Lipinski definition) is 8. The summed E-state index contributed by atoms with van der Waals surface area (Å²) in [5.41, 5.74) is 1.44. The van der Waals surface area contributed by atoms with E-state index in [2.05, 4.69) is 15.5 Å². The molecule has 0 unspecified atom stereocenters. The third-order valence-corrected chi connectivity index (χ3v) is 7.67. The lowest BCUT2D eigenvalue weighted by Gasteiger charge is -2.18. The van der Waals surface area contributed by atoms with E-state index in [-0.39, 0.29) is 27.7 Å². The zero-order chi connectivity index (χ0) is 23.8. The van der Waals surface area contributed by atoms with Crippen LogP contribution in [0.3, 0.4) is 0 Å². The molecular formula is C22H26N4O5S2. The van der Waals surface area contributed by atoms with Crippen molar-refractivity contribution < 1.29 is 22.4 Å². The maximum absolute atomic E-state index is 12.8. The Morgan fingerprint density at radius 1 is 1.12 bits per heavy atom. The molecule has 0 bridgehead atoms. The highest BCUT2D eigenvalue weighted by Crippen LogP contribution is 2.26. The van der Waals surface area contributed by atoms with Crippen LogP contribution in [0, 0.1) is 0 Å². The number of thioether (sulfide) groups is 1. The fourth-order valence-corrected chi connectivity index (χ4v) is 5.11. The normalized spacial score (nSPS) is 11.5. The Morgan fingerprint density at radius 3 is 2.52 bits per heavy atom. The summed E-state index contributed by atoms with van der Waals surface area (Å²) < 4.78 is 37.6. The van der Waals surface area contributed by atoms with Crippen molar-refractivity contribution >= 4 is 27.7 Å². The molecule has 2 aromatic carbocycles. The number of benzene rings is 2. The smallest absolute Gasteiger partial charge is 0.277 e. The number of methoxy groups -OCH3 is 1. The van der Waals surface area contributed by atoms with E-state index in [1.807, 2.05) is 24.3 Å². The first-order chi connectivity index (χ1) is 15.9. The summed E-state index contributed by atoms with van der Waals surface area (Å²) in [6.07, 6.45) is 0. The molecule has 9 nitrogen and oxygen atoms in total. The minimum absolute atomic E-state index is 0.105. The Hall–Kier alpha value is -2.89. The first kappa shape index (κ1) is 24.7. The predicted molar refractivity (Wildman–Crippen MR) is 125 cm³/mol. The van der Waals surface area contributed by atoms with Crippen molar-refractivity contribution in [3.63, 3.8) is 0 Å². The number of carbonyl (C=O) groups is 1. The molecule has 1 heterocycles. The van der Waals surface area contributed by atoms with E-state index in [1.165, 1.54) is 16.4 Å². The Bertz CT molecular complexity index is 1180. The maximum Gasteiger partial charge on any atom is 0.277 e. The van der Waals surface area contributed by atoms with Crippen LogP contribution in [-0.4, -0.2) is 54.8 Å². The number of rotatable bonds is 11. The van der Waals surface area contributed by atoms with Crippen molar-refractivity contribution in [2.45, 2.75) is 30.5 Å². The summed E-state index contributed by atoms with van der Waals surface area (Å²) in [6.45, 7) is 4.74. The van der Waals surface area contributed by atoms with Gasteiger partial charge in [-0.1, -0.05) is 43.8 Å². The van der Waals surface area contributed by atoms with Crippen LogP contribution in [0.2, 0.25) is 0 Å². The van der Waals surface area contributed by atoms with Crippen LogP contribution in [0.1, 0.15) is 19.4 Å². The summed E-state index contributed by atoms with van der Waals surface area (Å²) in [6, 6.07) is 13.8. The fourth-order valence-electron chi connectivity index (χ4n) is 3.01. The molecule has 0 spiro atoms. The van der Waals surface area contributed by atoms with Gasteiger partial charge >= 0.3 is 0 Å². The van der Waals surface area contributed by atoms with Crippen LogP contribution in [0.5, 0.6) is 5.75 Å². The molecule has 0 aliphatic rings. The van der Waals surface area contributed by atoms with Gasteiger partial charge in [0.2, 0.25) is 21.8 Å². The van der Waals surface area contributed by atoms with Gasteiger partial charge in [-0.3, -0.25) is 4.79 Å². The monoisotopic (exact) mass is 490 g/mol. The highest BCUT2D eigenvalue weighted by atomic mass is 32.2. The lowest BCUT2D eigenvalue weighted by molar-refractivity contribution is -0.118. The van der Waals surface area contributed by atoms with Crippen molar-refractivity contribution in [3.05, 3.63) is 54.1 Å². The Kier molecular flexibility index (Phi) is 8.48. The van der Waals surface area contributed by atoms with Gasteiger partial charge in [0.1, 0.15) is 5.75 Å². The molecule has 0 saturated carbocycles. The number of aromatic nitrogens is 2. The highest BCUT2D eigenvalue weighted by molar-refractivity contribution is 7.99. The molecule has 176 valence electrons. The van der Waals surface area contributed by atoms with Gasteiger partial charge in [-0.25, -0.2) is 8.42 Å². The highest BCUT2D eigenvalue weighted by Gasteiger charge is 2.22. The number of hydrogen-bond donors (Lipinski definition) is 1. The van der Waals surface area contributed by atoms with E-state index in [0.29, 0.717) is 25.2 Å². The molecule has 0 aliphatic carbocycles. The lowest BCUT2D eigenvalue weighted by atomic mass is 10.2. The van der Waals surface area contributed by atoms with E-state index in [9.17, 15) is 13.2 Å². The van der Waals surface area contributed by atoms with Gasteiger partial charge in [0.25, 0.3) is 5.22 Å². The van der Waals surface area contributed by atoms with Crippen LogP contribution in [0.15, 0.2) is 63.1 Å². The van der Waals surface area contributed by atoms with Crippen LogP contribution >= 0.6 is 11.8 Å². The molecule has 1 aromatic heterocycles. The third-order valence-electron chi connectivity index (χ3n) is 4.81. The first-order valence-corrected chi connectivity index (χ1v) is 12.8. The summed E-state index contributed by atoms with van der Waals surface area (Å²) in [5, 5.41) is 11.0. The molecular weight excluding hydrogens is 464 g/mol. The van der Waals surface area contributed by atoms with Crippen molar-refractivity contribution in [1.29, 1.82) is 0 Å². The van der Waals surface area contributed by atoms with Gasteiger partial charge in [0.15, 0.2) is 0 Å². The van der Waals surface area contributed by atoms with Crippen molar-refractivity contribution in [1.82, 2.24) is 19.8 Å². The van der Waals surface area contributed by atoms with E-state index in [0.717, 1.165) is 23.1 Å². The predicted octanol–water partition coefficient (Wildman–Crippen LogP) is 3.18. The van der Waals surface area contributed by atoms with E-state index < -0.39 is 10.0 Å². The Morgan fingerprint density at radius 2 is 1.85 bits per heavy atom. The second-order valence-electron chi connectivity index (χ2n) is 6.90. The average Bonchev–Trinajstić information content (AvgIpc) is 3.31. The SMILES string of the molecule is CCN(CC)S(=O)(=O)c1cccc(-c2nnc(SCC(=O)NCc3ccc(OC)cc3)o2)c1. The number of carbonyl (C=O) groups excluding carboxylic acids is 1. The topological polar surface area (TPSA) is 115 Å². The van der Waals surface area contributed by atoms with E-state index in [4.69, 9.17) is 9.15 Å². The van der Waals surface area contributed by atoms with E-state index in [1.54, 1.807) is 33.1 Å². The molecule has 0 fully saturated rings. The summed E-state index contributed by atoms with van der Waals surface area (Å²) in [4.78, 5) is 12.3. The molecule has 0 aliphatic heterocycles. The van der Waals surface area contributed by atoms with Gasteiger partial charge in [-0.15, -0.1) is 10.2 Å². The fraction of sp³-hybridized carbons (Fsp3) is 0.318. The first-order valence-electron chi connectivity index (χ1n) is 10.3. The van der Waals surface area contributed by atoms with Gasteiger partial charge in [0.05, 0.1) is 17.8 Å². The number of ether oxygens (including phenoxy) is 1. The molecule has 11 heteroatoms. The standard InChI is InChI=1S/C22H26N4O5S2/c1-4-26(5-2)33(28,29)19-8-6-7-17(13-19)21-24-25-22(31-21)32-15-20(27)23-14-16-9-11-18(30-3)12-10-16/h6-13H,4-5,14-15H2,1-3H3,(H,23,27). The van der Waals surface area contributed by atoms with Crippen LogP contribution in [0.4, 0.5) is 0 Å². The Balaban J connectivity index is 1.59. The molecule has 0 saturated heterocycles. The molecule has 33 heavy (non-hydrogen) atoms. The van der Waals surface area contributed by atoms with Gasteiger partial charge < -0.3 is 14.5 Å². The molecule has 0 atom stereocenters. The summed E-state index contributed by atoms with van der Waals surface area (Å²) in [5.74, 6) is 0.869. The van der Waals surface area contributed by atoms with Crippen molar-refractivity contribution in [2.24, 2.45) is 0 Å². The number of amides is 1. The maximum atomic E-state index is 12.8. The van der Waals surface area contributed by atoms with Crippen molar-refractivity contribution in [3.8, 4) is 17.2 Å². The Labute approximate surface area is 197 Å². The number of sulfonamides is 1. The van der Waals surface area contributed by atoms with Gasteiger partial charge in [-0.2, -0.15) is 4.31 Å². The molecule has 3 aromatic rings. The summed E-state index contributed by atoms with van der Waals surface area (Å²) >= 11 is 1.11. The average molecular weight is 491 g/mol.